The summed E-state index contributed by atoms with van der Waals surface area (Å²) in [5.74, 6) is 1.10. The van der Waals surface area contributed by atoms with Crippen LogP contribution in [0.25, 0.3) is 17.4 Å². The quantitative estimate of drug-likeness (QED) is 0.196. The van der Waals surface area contributed by atoms with Crippen molar-refractivity contribution in [1.29, 1.82) is 0 Å². The van der Waals surface area contributed by atoms with Gasteiger partial charge in [-0.1, -0.05) is 53.8 Å². The Balaban J connectivity index is 1.43. The Hall–Kier alpha value is -5.55. The lowest BCUT2D eigenvalue weighted by Gasteiger charge is -2.25. The average molecular weight is 607 g/mol. The number of benzene rings is 3. The summed E-state index contributed by atoms with van der Waals surface area (Å²) in [5, 5.41) is 14.4. The van der Waals surface area contributed by atoms with Crippen molar-refractivity contribution in [2.75, 3.05) is 12.4 Å². The molecule has 3 heterocycles. The van der Waals surface area contributed by atoms with Crippen LogP contribution in [0.4, 0.5) is 11.4 Å². The van der Waals surface area contributed by atoms with Crippen LogP contribution >= 0.6 is 11.3 Å². The van der Waals surface area contributed by atoms with Crippen molar-refractivity contribution in [2.24, 2.45) is 4.99 Å². The van der Waals surface area contributed by atoms with Gasteiger partial charge in [0, 0.05) is 29.0 Å². The third-order valence-corrected chi connectivity index (χ3v) is 8.30. The highest BCUT2D eigenvalue weighted by atomic mass is 32.1. The number of carbonyl (C=O) groups excluding carboxylic acids is 1. The first-order valence-corrected chi connectivity index (χ1v) is 14.4. The number of thiazole rings is 1. The van der Waals surface area contributed by atoms with Gasteiger partial charge in [-0.25, -0.2) is 4.99 Å². The third kappa shape index (κ3) is 5.36. The van der Waals surface area contributed by atoms with Crippen LogP contribution < -0.4 is 24.9 Å². The number of allylic oxidation sites excluding steroid dienone is 1. The van der Waals surface area contributed by atoms with E-state index in [4.69, 9.17) is 9.15 Å². The maximum Gasteiger partial charge on any atom is 0.273 e. The van der Waals surface area contributed by atoms with Gasteiger partial charge in [-0.15, -0.1) is 0 Å². The van der Waals surface area contributed by atoms with Crippen molar-refractivity contribution in [1.82, 2.24) is 4.57 Å². The van der Waals surface area contributed by atoms with Gasteiger partial charge in [0.25, 0.3) is 17.2 Å². The zero-order valence-electron chi connectivity index (χ0n) is 23.9. The normalized spacial score (nSPS) is 14.6. The molecule has 0 fully saturated rings. The van der Waals surface area contributed by atoms with Crippen LogP contribution in [-0.2, 0) is 4.79 Å². The summed E-state index contributed by atoms with van der Waals surface area (Å²) < 4.78 is 13.2. The molecule has 1 atom stereocenters. The van der Waals surface area contributed by atoms with E-state index < -0.39 is 11.0 Å². The van der Waals surface area contributed by atoms with Crippen molar-refractivity contribution in [2.45, 2.75) is 19.9 Å². The number of nitro groups is 1. The summed E-state index contributed by atoms with van der Waals surface area (Å²) in [5.41, 5.74) is 2.93. The number of nitrogens with zero attached hydrogens (tertiary/aromatic N) is 3. The molecule has 1 amide bonds. The topological polar surface area (TPSA) is 129 Å². The zero-order valence-corrected chi connectivity index (χ0v) is 24.8. The van der Waals surface area contributed by atoms with Gasteiger partial charge in [0.2, 0.25) is 0 Å². The fraction of sp³-hybridized carbons (Fsp3) is 0.121. The highest BCUT2D eigenvalue weighted by Gasteiger charge is 2.32. The van der Waals surface area contributed by atoms with Gasteiger partial charge in [0.1, 0.15) is 17.3 Å². The fourth-order valence-electron chi connectivity index (χ4n) is 5.11. The van der Waals surface area contributed by atoms with E-state index in [2.05, 4.69) is 10.3 Å². The Morgan fingerprint density at radius 2 is 1.82 bits per heavy atom. The van der Waals surface area contributed by atoms with Crippen molar-refractivity contribution in [3.8, 4) is 17.1 Å². The van der Waals surface area contributed by atoms with E-state index in [1.165, 1.54) is 22.0 Å². The summed E-state index contributed by atoms with van der Waals surface area (Å²) in [6.45, 7) is 3.43. The lowest BCUT2D eigenvalue weighted by atomic mass is 9.95. The minimum atomic E-state index is -0.747. The largest absolute Gasteiger partial charge is 0.497 e. The molecule has 10 nitrogen and oxygen atoms in total. The number of ether oxygens (including phenoxy) is 1. The summed E-state index contributed by atoms with van der Waals surface area (Å²) in [7, 11) is 1.57. The second-order valence-electron chi connectivity index (χ2n) is 10.1. The number of hydrogen-bond donors (Lipinski definition) is 1. The van der Waals surface area contributed by atoms with Gasteiger partial charge in [-0.05, 0) is 55.8 Å². The highest BCUT2D eigenvalue weighted by Crippen LogP contribution is 2.32. The number of para-hydroxylation sites is 1. The van der Waals surface area contributed by atoms with Crippen molar-refractivity contribution in [3.05, 3.63) is 143 Å². The lowest BCUT2D eigenvalue weighted by molar-refractivity contribution is -0.385. The van der Waals surface area contributed by atoms with E-state index >= 15 is 0 Å². The minimum absolute atomic E-state index is 0.00485. The molecule has 6 rings (SSSR count). The van der Waals surface area contributed by atoms with Crippen molar-refractivity contribution < 1.29 is 18.9 Å². The number of carbonyl (C=O) groups is 1. The number of nitrogens with one attached hydrogen (secondary N) is 1. The van der Waals surface area contributed by atoms with Crippen LogP contribution in [-0.4, -0.2) is 22.5 Å². The van der Waals surface area contributed by atoms with Crippen LogP contribution in [0.3, 0.4) is 0 Å². The monoisotopic (exact) mass is 606 g/mol. The molecule has 5 aromatic rings. The van der Waals surface area contributed by atoms with Crippen LogP contribution in [0.2, 0.25) is 0 Å². The Morgan fingerprint density at radius 1 is 1.07 bits per heavy atom. The molecule has 1 aliphatic rings. The molecule has 3 aromatic carbocycles. The first-order valence-electron chi connectivity index (χ1n) is 13.6. The molecule has 0 spiro atoms. The van der Waals surface area contributed by atoms with Gasteiger partial charge >= 0.3 is 0 Å². The van der Waals surface area contributed by atoms with E-state index in [0.717, 1.165) is 0 Å². The smallest absolute Gasteiger partial charge is 0.273 e. The van der Waals surface area contributed by atoms with E-state index in [1.807, 2.05) is 30.3 Å². The highest BCUT2D eigenvalue weighted by molar-refractivity contribution is 7.07. The molecule has 220 valence electrons. The van der Waals surface area contributed by atoms with Gasteiger partial charge in [0.05, 0.1) is 33.9 Å². The first kappa shape index (κ1) is 28.6. The number of rotatable bonds is 7. The molecular weight excluding hydrogens is 580 g/mol. The van der Waals surface area contributed by atoms with E-state index in [0.29, 0.717) is 60.3 Å². The van der Waals surface area contributed by atoms with Crippen molar-refractivity contribution in [3.63, 3.8) is 0 Å². The fourth-order valence-corrected chi connectivity index (χ4v) is 6.13. The van der Waals surface area contributed by atoms with Crippen LogP contribution in [0.1, 0.15) is 29.9 Å². The number of aryl methyl sites for hydroxylation is 1. The summed E-state index contributed by atoms with van der Waals surface area (Å²) in [6.07, 6.45) is 1.62. The molecule has 1 N–H and O–H groups in total. The number of furan rings is 1. The number of methoxy groups -OCH3 is 1. The molecule has 44 heavy (non-hydrogen) atoms. The number of aromatic nitrogens is 1. The second-order valence-corrected chi connectivity index (χ2v) is 11.1. The molecule has 0 saturated carbocycles. The molecule has 0 radical (unpaired) electrons. The predicted octanol–water partition coefficient (Wildman–Crippen LogP) is 5.36. The van der Waals surface area contributed by atoms with Crippen LogP contribution in [0.15, 0.2) is 110 Å². The average Bonchev–Trinajstić information content (AvgIpc) is 3.61. The van der Waals surface area contributed by atoms with Gasteiger partial charge in [-0.3, -0.25) is 24.3 Å². The summed E-state index contributed by atoms with van der Waals surface area (Å²) in [6, 6.07) is 23.8. The molecular formula is C33H26N4O6S. The first-order chi connectivity index (χ1) is 21.2. The number of hydrogen-bond acceptors (Lipinski definition) is 8. The zero-order chi connectivity index (χ0) is 31.0. The molecule has 0 bridgehead atoms. The second kappa shape index (κ2) is 11.6. The van der Waals surface area contributed by atoms with Crippen molar-refractivity contribution >= 4 is 34.7 Å². The SMILES string of the molecule is COc1ccc([C@@H]2C(C(=O)Nc3ccccc3)=C(C)N=c3s/c(=C/c4ccc(-c5ccc(C)c([N+](=O)[O-])c5)o4)c(=O)n32)cc1. The maximum atomic E-state index is 14.0. The van der Waals surface area contributed by atoms with Crippen LogP contribution in [0, 0.1) is 17.0 Å². The minimum Gasteiger partial charge on any atom is -0.497 e. The van der Waals surface area contributed by atoms with Gasteiger partial charge < -0.3 is 14.5 Å². The molecule has 0 unspecified atom stereocenters. The Labute approximate surface area is 255 Å². The Kier molecular flexibility index (Phi) is 7.54. The number of anilines is 1. The van der Waals surface area contributed by atoms with E-state index in [1.54, 1.807) is 75.6 Å². The van der Waals surface area contributed by atoms with Gasteiger partial charge in [-0.2, -0.15) is 0 Å². The number of amides is 1. The number of fused-ring (bicyclic) bond motifs is 1. The predicted molar refractivity (Wildman–Crippen MR) is 167 cm³/mol. The standard InChI is InChI=1S/C33H26N4O6S/c1-19-9-10-22(17-26(19)37(40)41)27-16-15-25(43-27)18-28-32(39)36-30(21-11-13-24(42-3)14-12-21)29(20(2)34-33(36)44-28)31(38)35-23-7-5-4-6-8-23/h4-18,30H,1-3H3,(H,35,38)/b28-18+/t30-/m1/s1. The molecule has 1 aliphatic heterocycles. The third-order valence-electron chi connectivity index (χ3n) is 7.32. The summed E-state index contributed by atoms with van der Waals surface area (Å²) >= 11 is 1.19. The Bertz CT molecular complexity index is 2130. The molecule has 0 aliphatic carbocycles. The Morgan fingerprint density at radius 3 is 2.52 bits per heavy atom. The molecule has 0 saturated heterocycles. The number of nitro benzene ring substituents is 1. The van der Waals surface area contributed by atoms with E-state index in [9.17, 15) is 19.7 Å². The lowest BCUT2D eigenvalue weighted by Crippen LogP contribution is -2.40. The van der Waals surface area contributed by atoms with Crippen LogP contribution in [0.5, 0.6) is 5.75 Å². The maximum absolute atomic E-state index is 14.0. The molecule has 2 aromatic heterocycles. The van der Waals surface area contributed by atoms with Gasteiger partial charge in [0.15, 0.2) is 4.80 Å². The van der Waals surface area contributed by atoms with E-state index in [-0.39, 0.29) is 17.2 Å². The molecule has 11 heteroatoms. The summed E-state index contributed by atoms with van der Waals surface area (Å²) in [4.78, 5) is 43.8.